The average Bonchev–Trinajstić information content (AvgIpc) is 2.82. The molecule has 3 aromatic rings. The van der Waals surface area contributed by atoms with Crippen molar-refractivity contribution in [3.8, 4) is 11.5 Å². The van der Waals surface area contributed by atoms with Crippen LogP contribution in [0, 0.1) is 0 Å². The molecule has 0 aliphatic carbocycles. The lowest BCUT2D eigenvalue weighted by molar-refractivity contribution is -0.116. The van der Waals surface area contributed by atoms with Gasteiger partial charge in [0, 0.05) is 12.1 Å². The van der Waals surface area contributed by atoms with Crippen molar-refractivity contribution in [3.63, 3.8) is 0 Å². The minimum absolute atomic E-state index is 0.0559. The number of nitrogens with zero attached hydrogens (tertiary/aromatic N) is 1. The van der Waals surface area contributed by atoms with Gasteiger partial charge in [-0.2, -0.15) is 0 Å². The molecule has 0 aliphatic heterocycles. The molecule has 0 radical (unpaired) electrons. The van der Waals surface area contributed by atoms with Gasteiger partial charge in [0.05, 0.1) is 12.8 Å². The Morgan fingerprint density at radius 1 is 0.903 bits per heavy atom. The van der Waals surface area contributed by atoms with E-state index in [4.69, 9.17) is 9.47 Å². The fourth-order valence-electron chi connectivity index (χ4n) is 3.06. The Morgan fingerprint density at radius 2 is 1.58 bits per heavy atom. The second-order valence-corrected chi connectivity index (χ2v) is 6.87. The zero-order valence-corrected chi connectivity index (χ0v) is 17.7. The van der Waals surface area contributed by atoms with E-state index in [1.807, 2.05) is 49.4 Å². The molecule has 3 aromatic carbocycles. The lowest BCUT2D eigenvalue weighted by Crippen LogP contribution is -2.37. The Hall–Kier alpha value is -3.80. The molecule has 0 saturated carbocycles. The Bertz CT molecular complexity index is 1000. The van der Waals surface area contributed by atoms with Gasteiger partial charge >= 0.3 is 0 Å². The number of hydrogen-bond donors (Lipinski definition) is 1. The number of hydrogen-bond acceptors (Lipinski definition) is 4. The van der Waals surface area contributed by atoms with Crippen LogP contribution >= 0.6 is 0 Å². The highest BCUT2D eigenvalue weighted by molar-refractivity contribution is 5.99. The van der Waals surface area contributed by atoms with Gasteiger partial charge in [-0.3, -0.25) is 9.59 Å². The fourth-order valence-corrected chi connectivity index (χ4v) is 3.06. The highest BCUT2D eigenvalue weighted by atomic mass is 16.5. The van der Waals surface area contributed by atoms with Crippen LogP contribution in [0.4, 0.5) is 5.69 Å². The molecule has 0 spiro atoms. The van der Waals surface area contributed by atoms with E-state index in [2.05, 4.69) is 5.32 Å². The van der Waals surface area contributed by atoms with Crippen LogP contribution in [-0.4, -0.2) is 36.9 Å². The van der Waals surface area contributed by atoms with Crippen molar-refractivity contribution in [1.82, 2.24) is 4.90 Å². The van der Waals surface area contributed by atoms with Crippen molar-refractivity contribution in [3.05, 3.63) is 90.0 Å². The zero-order valence-electron chi connectivity index (χ0n) is 17.7. The minimum Gasteiger partial charge on any atom is -0.495 e. The van der Waals surface area contributed by atoms with Crippen LogP contribution in [0.15, 0.2) is 78.9 Å². The Kier molecular flexibility index (Phi) is 7.65. The van der Waals surface area contributed by atoms with Gasteiger partial charge in [0.2, 0.25) is 5.91 Å². The number of benzene rings is 3. The number of anilines is 1. The summed E-state index contributed by atoms with van der Waals surface area (Å²) in [4.78, 5) is 26.8. The average molecular weight is 418 g/mol. The maximum absolute atomic E-state index is 12.9. The molecule has 0 atom stereocenters. The van der Waals surface area contributed by atoms with Crippen LogP contribution in [0.25, 0.3) is 0 Å². The lowest BCUT2D eigenvalue weighted by Gasteiger charge is -2.21. The molecular weight excluding hydrogens is 392 g/mol. The third kappa shape index (κ3) is 6.09. The molecule has 31 heavy (non-hydrogen) atoms. The summed E-state index contributed by atoms with van der Waals surface area (Å²) in [6.07, 6.45) is 0. The van der Waals surface area contributed by atoms with Crippen molar-refractivity contribution in [2.45, 2.75) is 13.5 Å². The SMILES string of the molecule is CCN(CC(=O)Nc1ccccc1OC)C(=O)c1ccc(OCc2ccccc2)cc1. The van der Waals surface area contributed by atoms with Gasteiger partial charge in [-0.25, -0.2) is 0 Å². The Labute approximate surface area is 182 Å². The van der Waals surface area contributed by atoms with Gasteiger partial charge in [0.25, 0.3) is 5.91 Å². The Balaban J connectivity index is 1.58. The molecule has 0 unspecified atom stereocenters. The first kappa shape index (κ1) is 21.9. The third-order valence-electron chi connectivity index (χ3n) is 4.73. The summed E-state index contributed by atoms with van der Waals surface area (Å²) in [5.41, 5.74) is 2.14. The van der Waals surface area contributed by atoms with Crippen molar-refractivity contribution < 1.29 is 19.1 Å². The van der Waals surface area contributed by atoms with Crippen molar-refractivity contribution in [1.29, 1.82) is 0 Å². The van der Waals surface area contributed by atoms with E-state index >= 15 is 0 Å². The molecule has 3 rings (SSSR count). The standard InChI is InChI=1S/C25H26N2O4/c1-3-27(17-24(28)26-22-11-7-8-12-23(22)30-2)25(29)20-13-15-21(16-14-20)31-18-19-9-5-4-6-10-19/h4-16H,3,17-18H2,1-2H3,(H,26,28). The molecule has 1 N–H and O–H groups in total. The number of rotatable bonds is 9. The number of methoxy groups -OCH3 is 1. The summed E-state index contributed by atoms with van der Waals surface area (Å²) < 4.78 is 11.0. The molecule has 0 aromatic heterocycles. The molecule has 6 nitrogen and oxygen atoms in total. The predicted octanol–water partition coefficient (Wildman–Crippen LogP) is 4.38. The number of likely N-dealkylation sites (N-methyl/N-ethyl adjacent to an activating group) is 1. The van der Waals surface area contributed by atoms with Crippen molar-refractivity contribution >= 4 is 17.5 Å². The van der Waals surface area contributed by atoms with Crippen LogP contribution < -0.4 is 14.8 Å². The van der Waals surface area contributed by atoms with E-state index < -0.39 is 0 Å². The predicted molar refractivity (Wildman–Crippen MR) is 120 cm³/mol. The van der Waals surface area contributed by atoms with E-state index in [-0.39, 0.29) is 18.4 Å². The van der Waals surface area contributed by atoms with E-state index in [0.29, 0.717) is 35.9 Å². The quantitative estimate of drug-likeness (QED) is 0.560. The number of para-hydroxylation sites is 2. The van der Waals surface area contributed by atoms with Crippen LogP contribution in [0.5, 0.6) is 11.5 Å². The van der Waals surface area contributed by atoms with Crippen LogP contribution in [0.1, 0.15) is 22.8 Å². The van der Waals surface area contributed by atoms with Crippen LogP contribution in [0.3, 0.4) is 0 Å². The minimum atomic E-state index is -0.289. The molecule has 2 amide bonds. The topological polar surface area (TPSA) is 67.9 Å². The first-order chi connectivity index (χ1) is 15.1. The van der Waals surface area contributed by atoms with Crippen LogP contribution in [0.2, 0.25) is 0 Å². The smallest absolute Gasteiger partial charge is 0.254 e. The van der Waals surface area contributed by atoms with Gasteiger partial charge in [0.15, 0.2) is 0 Å². The van der Waals surface area contributed by atoms with Crippen molar-refractivity contribution in [2.24, 2.45) is 0 Å². The number of carbonyl (C=O) groups is 2. The van der Waals surface area contributed by atoms with Gasteiger partial charge < -0.3 is 19.7 Å². The number of ether oxygens (including phenoxy) is 2. The van der Waals surface area contributed by atoms with Crippen LogP contribution in [-0.2, 0) is 11.4 Å². The maximum atomic E-state index is 12.9. The van der Waals surface area contributed by atoms with E-state index in [9.17, 15) is 9.59 Å². The second-order valence-electron chi connectivity index (χ2n) is 6.87. The molecule has 6 heteroatoms. The first-order valence-electron chi connectivity index (χ1n) is 10.1. The summed E-state index contributed by atoms with van der Waals surface area (Å²) in [6, 6.07) is 24.0. The molecular formula is C25H26N2O4. The number of amides is 2. The molecule has 160 valence electrons. The molecule has 0 aliphatic rings. The summed E-state index contributed by atoms with van der Waals surface area (Å²) in [7, 11) is 1.54. The van der Waals surface area contributed by atoms with E-state index in [1.54, 1.807) is 43.5 Å². The normalized spacial score (nSPS) is 10.3. The monoisotopic (exact) mass is 418 g/mol. The summed E-state index contributed by atoms with van der Waals surface area (Å²) in [5, 5.41) is 2.80. The Morgan fingerprint density at radius 3 is 2.26 bits per heavy atom. The second kappa shape index (κ2) is 10.8. The van der Waals surface area contributed by atoms with E-state index in [1.165, 1.54) is 4.90 Å². The molecule has 0 saturated heterocycles. The molecule has 0 bridgehead atoms. The van der Waals surface area contributed by atoms with Gasteiger partial charge in [-0.05, 0) is 48.9 Å². The first-order valence-corrected chi connectivity index (χ1v) is 10.1. The highest BCUT2D eigenvalue weighted by Gasteiger charge is 2.18. The highest BCUT2D eigenvalue weighted by Crippen LogP contribution is 2.23. The summed E-state index contributed by atoms with van der Waals surface area (Å²) >= 11 is 0. The molecule has 0 fully saturated rings. The van der Waals surface area contributed by atoms with Gasteiger partial charge in [0.1, 0.15) is 24.7 Å². The van der Waals surface area contributed by atoms with Gasteiger partial charge in [-0.1, -0.05) is 42.5 Å². The van der Waals surface area contributed by atoms with E-state index in [0.717, 1.165) is 5.56 Å². The number of carbonyl (C=O) groups excluding carboxylic acids is 2. The lowest BCUT2D eigenvalue weighted by atomic mass is 10.2. The molecule has 0 heterocycles. The third-order valence-corrected chi connectivity index (χ3v) is 4.73. The maximum Gasteiger partial charge on any atom is 0.254 e. The zero-order chi connectivity index (χ0) is 22.1. The number of nitrogens with one attached hydrogen (secondary N) is 1. The summed E-state index contributed by atoms with van der Waals surface area (Å²) in [5.74, 6) is 0.739. The largest absolute Gasteiger partial charge is 0.495 e. The van der Waals surface area contributed by atoms with Crippen molar-refractivity contribution in [2.75, 3.05) is 25.5 Å². The fraction of sp³-hybridized carbons (Fsp3) is 0.200. The summed E-state index contributed by atoms with van der Waals surface area (Å²) in [6.45, 7) is 2.65. The van der Waals surface area contributed by atoms with Gasteiger partial charge in [-0.15, -0.1) is 0 Å².